The van der Waals surface area contributed by atoms with E-state index in [9.17, 15) is 4.79 Å². The highest BCUT2D eigenvalue weighted by atomic mass is 32.2. The first-order chi connectivity index (χ1) is 12.5. The molecule has 0 radical (unpaired) electrons. The smallest absolute Gasteiger partial charge is 0.277 e. The number of aryl methyl sites for hydroxylation is 2. The van der Waals surface area contributed by atoms with Crippen LogP contribution in [0.1, 0.15) is 23.6 Å². The zero-order valence-corrected chi connectivity index (χ0v) is 15.8. The van der Waals surface area contributed by atoms with Crippen molar-refractivity contribution in [3.63, 3.8) is 0 Å². The van der Waals surface area contributed by atoms with Crippen LogP contribution < -0.4 is 5.32 Å². The Balaban J connectivity index is 1.57. The summed E-state index contributed by atoms with van der Waals surface area (Å²) >= 11 is 1.26. The molecule has 5 nitrogen and oxygen atoms in total. The van der Waals surface area contributed by atoms with Crippen molar-refractivity contribution in [2.24, 2.45) is 0 Å². The molecule has 2 aromatic carbocycles. The summed E-state index contributed by atoms with van der Waals surface area (Å²) in [7, 11) is 0. The van der Waals surface area contributed by atoms with Crippen LogP contribution in [-0.4, -0.2) is 21.4 Å². The molecule has 134 valence electrons. The zero-order chi connectivity index (χ0) is 18.5. The van der Waals surface area contributed by atoms with Gasteiger partial charge in [-0.1, -0.05) is 59.8 Å². The van der Waals surface area contributed by atoms with Gasteiger partial charge in [0.25, 0.3) is 5.22 Å². The van der Waals surface area contributed by atoms with Crippen molar-refractivity contribution >= 4 is 17.7 Å². The van der Waals surface area contributed by atoms with Gasteiger partial charge in [-0.2, -0.15) is 0 Å². The standard InChI is InChI=1S/C20H21N3O2S/c1-13-8-10-16(11-9-13)12-21-18(24)15(3)26-20-23-22-19(25-20)17-7-5-4-6-14(17)2/h4-11,15H,12H2,1-3H3,(H,21,24)/t15-/m0/s1. The van der Waals surface area contributed by atoms with Crippen LogP contribution in [-0.2, 0) is 11.3 Å². The van der Waals surface area contributed by atoms with Crippen LogP contribution >= 0.6 is 11.8 Å². The summed E-state index contributed by atoms with van der Waals surface area (Å²) < 4.78 is 5.71. The molecular formula is C20H21N3O2S. The quantitative estimate of drug-likeness (QED) is 0.663. The van der Waals surface area contributed by atoms with Crippen LogP contribution in [0.15, 0.2) is 58.2 Å². The molecule has 0 aliphatic carbocycles. The van der Waals surface area contributed by atoms with E-state index in [0.29, 0.717) is 17.7 Å². The fourth-order valence-corrected chi connectivity index (χ4v) is 3.13. The van der Waals surface area contributed by atoms with E-state index in [1.54, 1.807) is 0 Å². The summed E-state index contributed by atoms with van der Waals surface area (Å²) in [5.74, 6) is 0.407. The van der Waals surface area contributed by atoms with Crippen molar-refractivity contribution < 1.29 is 9.21 Å². The third-order valence-electron chi connectivity index (χ3n) is 4.02. The molecule has 3 aromatic rings. The Kier molecular flexibility index (Phi) is 5.73. The molecule has 0 fully saturated rings. The Bertz CT molecular complexity index is 890. The van der Waals surface area contributed by atoms with Crippen LogP contribution in [0.25, 0.3) is 11.5 Å². The summed E-state index contributed by atoms with van der Waals surface area (Å²) in [5.41, 5.74) is 4.24. The maximum Gasteiger partial charge on any atom is 0.277 e. The number of carbonyl (C=O) groups excluding carboxylic acids is 1. The van der Waals surface area contributed by atoms with Crippen LogP contribution in [0.3, 0.4) is 0 Å². The number of nitrogens with one attached hydrogen (secondary N) is 1. The molecule has 0 saturated heterocycles. The fraction of sp³-hybridized carbons (Fsp3) is 0.250. The minimum absolute atomic E-state index is 0.0637. The van der Waals surface area contributed by atoms with Gasteiger partial charge in [-0.25, -0.2) is 0 Å². The highest BCUT2D eigenvalue weighted by Crippen LogP contribution is 2.27. The van der Waals surface area contributed by atoms with Crippen molar-refractivity contribution in [1.29, 1.82) is 0 Å². The van der Waals surface area contributed by atoms with Crippen molar-refractivity contribution in [2.75, 3.05) is 0 Å². The van der Waals surface area contributed by atoms with Gasteiger partial charge >= 0.3 is 0 Å². The number of amides is 1. The van der Waals surface area contributed by atoms with E-state index in [-0.39, 0.29) is 11.2 Å². The van der Waals surface area contributed by atoms with Crippen LogP contribution in [0, 0.1) is 13.8 Å². The molecule has 26 heavy (non-hydrogen) atoms. The Morgan fingerprint density at radius 1 is 1.12 bits per heavy atom. The molecule has 0 bridgehead atoms. The van der Waals surface area contributed by atoms with Gasteiger partial charge in [0.2, 0.25) is 11.8 Å². The summed E-state index contributed by atoms with van der Waals surface area (Å²) in [6, 6.07) is 15.9. The number of benzene rings is 2. The van der Waals surface area contributed by atoms with E-state index < -0.39 is 0 Å². The van der Waals surface area contributed by atoms with Crippen molar-refractivity contribution in [3.8, 4) is 11.5 Å². The maximum absolute atomic E-state index is 12.3. The van der Waals surface area contributed by atoms with Gasteiger partial charge in [0.05, 0.1) is 5.25 Å². The largest absolute Gasteiger partial charge is 0.411 e. The Hall–Kier alpha value is -2.60. The Morgan fingerprint density at radius 3 is 2.58 bits per heavy atom. The maximum atomic E-state index is 12.3. The number of carbonyl (C=O) groups is 1. The van der Waals surface area contributed by atoms with Crippen LogP contribution in [0.2, 0.25) is 0 Å². The number of nitrogens with zero attached hydrogens (tertiary/aromatic N) is 2. The number of hydrogen-bond donors (Lipinski definition) is 1. The SMILES string of the molecule is Cc1ccc(CNC(=O)[C@H](C)Sc2nnc(-c3ccccc3C)o2)cc1. The van der Waals surface area contributed by atoms with Crippen molar-refractivity contribution in [3.05, 3.63) is 65.2 Å². The van der Waals surface area contributed by atoms with Gasteiger partial charge in [-0.05, 0) is 38.0 Å². The van der Waals surface area contributed by atoms with Crippen LogP contribution in [0.4, 0.5) is 0 Å². The number of aromatic nitrogens is 2. The molecule has 0 aliphatic heterocycles. The molecule has 6 heteroatoms. The van der Waals surface area contributed by atoms with E-state index in [1.165, 1.54) is 17.3 Å². The molecular weight excluding hydrogens is 346 g/mol. The van der Waals surface area contributed by atoms with Gasteiger partial charge in [-0.3, -0.25) is 4.79 Å². The zero-order valence-electron chi connectivity index (χ0n) is 15.0. The molecule has 0 unspecified atom stereocenters. The molecule has 0 spiro atoms. The molecule has 0 aliphatic rings. The number of thioether (sulfide) groups is 1. The lowest BCUT2D eigenvalue weighted by molar-refractivity contribution is -0.120. The lowest BCUT2D eigenvalue weighted by atomic mass is 10.1. The second kappa shape index (κ2) is 8.19. The average molecular weight is 367 g/mol. The topological polar surface area (TPSA) is 68.0 Å². The van der Waals surface area contributed by atoms with E-state index >= 15 is 0 Å². The normalized spacial score (nSPS) is 12.0. The monoisotopic (exact) mass is 367 g/mol. The lowest BCUT2D eigenvalue weighted by Gasteiger charge is -2.10. The van der Waals surface area contributed by atoms with Gasteiger partial charge in [0.15, 0.2) is 0 Å². The Labute approximate surface area is 157 Å². The predicted octanol–water partition coefficient (Wildman–Crippen LogP) is 4.15. The van der Waals surface area contributed by atoms with Gasteiger partial charge in [0, 0.05) is 12.1 Å². The summed E-state index contributed by atoms with van der Waals surface area (Å²) in [4.78, 5) is 12.3. The van der Waals surface area contributed by atoms with E-state index in [2.05, 4.69) is 15.5 Å². The molecule has 1 aromatic heterocycles. The molecule has 1 heterocycles. The third-order valence-corrected chi connectivity index (χ3v) is 4.95. The van der Waals surface area contributed by atoms with Gasteiger partial charge in [-0.15, -0.1) is 10.2 Å². The van der Waals surface area contributed by atoms with E-state index in [0.717, 1.165) is 16.7 Å². The second-order valence-electron chi connectivity index (χ2n) is 6.15. The highest BCUT2D eigenvalue weighted by Gasteiger charge is 2.19. The molecule has 0 saturated carbocycles. The summed E-state index contributed by atoms with van der Waals surface area (Å²) in [5, 5.41) is 11.1. The van der Waals surface area contributed by atoms with Gasteiger partial charge < -0.3 is 9.73 Å². The average Bonchev–Trinajstić information content (AvgIpc) is 3.09. The van der Waals surface area contributed by atoms with Crippen molar-refractivity contribution in [1.82, 2.24) is 15.5 Å². The molecule has 1 atom stereocenters. The first kappa shape index (κ1) is 18.2. The predicted molar refractivity (Wildman–Crippen MR) is 103 cm³/mol. The minimum Gasteiger partial charge on any atom is -0.411 e. The second-order valence-corrected chi connectivity index (χ2v) is 7.44. The summed E-state index contributed by atoms with van der Waals surface area (Å²) in [6.07, 6.45) is 0. The lowest BCUT2D eigenvalue weighted by Crippen LogP contribution is -2.30. The molecule has 1 amide bonds. The summed E-state index contributed by atoms with van der Waals surface area (Å²) in [6.45, 7) is 6.36. The van der Waals surface area contributed by atoms with E-state index in [1.807, 2.05) is 69.3 Å². The first-order valence-corrected chi connectivity index (χ1v) is 9.30. The Morgan fingerprint density at radius 2 is 1.85 bits per heavy atom. The van der Waals surface area contributed by atoms with Gasteiger partial charge in [0.1, 0.15) is 0 Å². The van der Waals surface area contributed by atoms with Crippen molar-refractivity contribution in [2.45, 2.75) is 37.8 Å². The molecule has 1 N–H and O–H groups in total. The minimum atomic E-state index is -0.328. The molecule has 3 rings (SSSR count). The van der Waals surface area contributed by atoms with E-state index in [4.69, 9.17) is 4.42 Å². The fourth-order valence-electron chi connectivity index (χ4n) is 2.42. The number of hydrogen-bond acceptors (Lipinski definition) is 5. The highest BCUT2D eigenvalue weighted by molar-refractivity contribution is 8.00. The number of rotatable bonds is 6. The third kappa shape index (κ3) is 4.52. The first-order valence-electron chi connectivity index (χ1n) is 8.42. The van der Waals surface area contributed by atoms with Crippen LogP contribution in [0.5, 0.6) is 0 Å².